The summed E-state index contributed by atoms with van der Waals surface area (Å²) < 4.78 is 38.0. The van der Waals surface area contributed by atoms with Crippen LogP contribution in [0.4, 0.5) is 13.2 Å². The van der Waals surface area contributed by atoms with Gasteiger partial charge in [-0.05, 0) is 25.0 Å². The number of carbonyl (C=O) groups excluding carboxylic acids is 1. The second-order valence-corrected chi connectivity index (χ2v) is 4.89. The minimum Gasteiger partial charge on any atom is -0.338 e. The number of piperidine rings is 1. The summed E-state index contributed by atoms with van der Waals surface area (Å²) in [5.74, 6) is -1.87. The van der Waals surface area contributed by atoms with Crippen LogP contribution in [-0.2, 0) is 0 Å². The van der Waals surface area contributed by atoms with Crippen LogP contribution in [-0.4, -0.2) is 35.1 Å². The van der Waals surface area contributed by atoms with Crippen molar-refractivity contribution in [2.45, 2.75) is 19.0 Å². The maximum absolute atomic E-state index is 12.7. The number of likely N-dealkylation sites (tertiary alicyclic amines) is 1. The van der Waals surface area contributed by atoms with Crippen molar-refractivity contribution in [1.82, 2.24) is 9.88 Å². The first kappa shape index (κ1) is 14.1. The number of hydrogen-bond acceptors (Lipinski definition) is 2. The van der Waals surface area contributed by atoms with Crippen LogP contribution >= 0.6 is 11.6 Å². The Hall–Kier alpha value is -1.30. The molecular formula is C12H12ClF3N2O. The van der Waals surface area contributed by atoms with E-state index in [0.29, 0.717) is 13.0 Å². The van der Waals surface area contributed by atoms with Crippen LogP contribution in [0.5, 0.6) is 0 Å². The van der Waals surface area contributed by atoms with Gasteiger partial charge in [0.25, 0.3) is 5.91 Å². The molecular weight excluding hydrogens is 281 g/mol. The summed E-state index contributed by atoms with van der Waals surface area (Å²) in [4.78, 5) is 17.1. The number of amides is 1. The summed E-state index contributed by atoms with van der Waals surface area (Å²) in [6.45, 7) is 0.0492. The van der Waals surface area contributed by atoms with Gasteiger partial charge in [-0.25, -0.2) is 4.98 Å². The van der Waals surface area contributed by atoms with E-state index in [9.17, 15) is 18.0 Å². The quantitative estimate of drug-likeness (QED) is 0.745. The Balaban J connectivity index is 2.11. The van der Waals surface area contributed by atoms with Crippen molar-refractivity contribution in [3.8, 4) is 0 Å². The van der Waals surface area contributed by atoms with E-state index in [1.807, 2.05) is 0 Å². The van der Waals surface area contributed by atoms with Crippen LogP contribution in [0.3, 0.4) is 0 Å². The second kappa shape index (κ2) is 5.36. The van der Waals surface area contributed by atoms with Crippen LogP contribution in [0.2, 0.25) is 5.15 Å². The lowest BCUT2D eigenvalue weighted by Gasteiger charge is -2.33. The summed E-state index contributed by atoms with van der Waals surface area (Å²) in [7, 11) is 0. The molecule has 2 heterocycles. The summed E-state index contributed by atoms with van der Waals surface area (Å²) in [5, 5.41) is 0.148. The van der Waals surface area contributed by atoms with E-state index in [1.165, 1.54) is 23.2 Å². The number of halogens is 4. The smallest absolute Gasteiger partial charge is 0.338 e. The molecule has 1 aromatic heterocycles. The Kier molecular flexibility index (Phi) is 3.99. The fraction of sp³-hybridized carbons (Fsp3) is 0.500. The fourth-order valence-corrected chi connectivity index (χ4v) is 2.32. The molecule has 104 valence electrons. The Bertz CT molecular complexity index is 478. The Morgan fingerprint density at radius 1 is 1.47 bits per heavy atom. The van der Waals surface area contributed by atoms with E-state index < -0.39 is 18.0 Å². The van der Waals surface area contributed by atoms with Gasteiger partial charge in [-0.1, -0.05) is 11.6 Å². The summed E-state index contributed by atoms with van der Waals surface area (Å²) in [5.41, 5.74) is 0.267. The first-order valence-corrected chi connectivity index (χ1v) is 6.23. The molecule has 0 spiro atoms. The molecule has 0 aliphatic carbocycles. The van der Waals surface area contributed by atoms with Crippen molar-refractivity contribution in [1.29, 1.82) is 0 Å². The van der Waals surface area contributed by atoms with Gasteiger partial charge in [-0.2, -0.15) is 13.2 Å². The number of carbonyl (C=O) groups is 1. The van der Waals surface area contributed by atoms with Crippen molar-refractivity contribution in [3.63, 3.8) is 0 Å². The van der Waals surface area contributed by atoms with Gasteiger partial charge >= 0.3 is 6.18 Å². The summed E-state index contributed by atoms with van der Waals surface area (Å²) >= 11 is 5.67. The SMILES string of the molecule is O=C(c1ccnc(Cl)c1)N1CCCC(C(F)(F)F)C1. The first-order chi connectivity index (χ1) is 8.88. The normalized spacial score (nSPS) is 20.4. The molecule has 19 heavy (non-hydrogen) atoms. The standard InChI is InChI=1S/C12H12ClF3N2O/c13-10-6-8(3-4-17-10)11(19)18-5-1-2-9(7-18)12(14,15)16/h3-4,6,9H,1-2,5,7H2. The van der Waals surface area contributed by atoms with Gasteiger partial charge in [-0.15, -0.1) is 0 Å². The van der Waals surface area contributed by atoms with E-state index in [4.69, 9.17) is 11.6 Å². The average Bonchev–Trinajstić information content (AvgIpc) is 2.37. The third kappa shape index (κ3) is 3.37. The predicted molar refractivity (Wildman–Crippen MR) is 63.9 cm³/mol. The molecule has 3 nitrogen and oxygen atoms in total. The van der Waals surface area contributed by atoms with Crippen LogP contribution < -0.4 is 0 Å². The molecule has 1 aliphatic heterocycles. The average molecular weight is 293 g/mol. The lowest BCUT2D eigenvalue weighted by molar-refractivity contribution is -0.184. The Morgan fingerprint density at radius 3 is 2.84 bits per heavy atom. The molecule has 0 radical (unpaired) electrons. The first-order valence-electron chi connectivity index (χ1n) is 5.85. The van der Waals surface area contributed by atoms with Crippen molar-refractivity contribution in [2.75, 3.05) is 13.1 Å². The monoisotopic (exact) mass is 292 g/mol. The molecule has 1 aromatic rings. The highest BCUT2D eigenvalue weighted by Gasteiger charge is 2.42. The minimum atomic E-state index is -4.26. The molecule has 7 heteroatoms. The maximum Gasteiger partial charge on any atom is 0.393 e. The fourth-order valence-electron chi connectivity index (χ4n) is 2.15. The van der Waals surface area contributed by atoms with Gasteiger partial charge in [0.05, 0.1) is 5.92 Å². The molecule has 0 aromatic carbocycles. The van der Waals surface area contributed by atoms with E-state index in [-0.39, 0.29) is 23.7 Å². The number of hydrogen-bond donors (Lipinski definition) is 0. The molecule has 1 aliphatic rings. The van der Waals surface area contributed by atoms with Gasteiger partial charge in [-0.3, -0.25) is 4.79 Å². The molecule has 1 atom stereocenters. The number of alkyl halides is 3. The number of pyridine rings is 1. The predicted octanol–water partition coefficient (Wildman–Crippen LogP) is 3.15. The van der Waals surface area contributed by atoms with Gasteiger partial charge < -0.3 is 4.90 Å². The van der Waals surface area contributed by atoms with Gasteiger partial charge in [0, 0.05) is 24.8 Å². The number of rotatable bonds is 1. The molecule has 1 amide bonds. The highest BCUT2D eigenvalue weighted by atomic mass is 35.5. The van der Waals surface area contributed by atoms with Crippen LogP contribution in [0.15, 0.2) is 18.3 Å². The van der Waals surface area contributed by atoms with E-state index in [1.54, 1.807) is 0 Å². The van der Waals surface area contributed by atoms with E-state index in [0.717, 1.165) is 0 Å². The Morgan fingerprint density at radius 2 is 2.21 bits per heavy atom. The van der Waals surface area contributed by atoms with Crippen LogP contribution in [0.25, 0.3) is 0 Å². The topological polar surface area (TPSA) is 33.2 Å². The lowest BCUT2D eigenvalue weighted by atomic mass is 9.97. The summed E-state index contributed by atoms with van der Waals surface area (Å²) in [6.07, 6.45) is -2.46. The highest BCUT2D eigenvalue weighted by molar-refractivity contribution is 6.29. The highest BCUT2D eigenvalue weighted by Crippen LogP contribution is 2.33. The van der Waals surface area contributed by atoms with Crippen LogP contribution in [0.1, 0.15) is 23.2 Å². The molecule has 1 fully saturated rings. The van der Waals surface area contributed by atoms with Crippen molar-refractivity contribution in [2.24, 2.45) is 5.92 Å². The third-order valence-corrected chi connectivity index (χ3v) is 3.35. The molecule has 0 saturated carbocycles. The van der Waals surface area contributed by atoms with Gasteiger partial charge in [0.1, 0.15) is 5.15 Å². The molecule has 1 unspecified atom stereocenters. The van der Waals surface area contributed by atoms with E-state index >= 15 is 0 Å². The number of nitrogens with zero attached hydrogens (tertiary/aromatic N) is 2. The minimum absolute atomic E-state index is 0.0738. The molecule has 0 bridgehead atoms. The number of aromatic nitrogens is 1. The Labute approximate surface area is 113 Å². The molecule has 0 N–H and O–H groups in total. The van der Waals surface area contributed by atoms with Gasteiger partial charge in [0.2, 0.25) is 0 Å². The second-order valence-electron chi connectivity index (χ2n) is 4.50. The van der Waals surface area contributed by atoms with Crippen molar-refractivity contribution in [3.05, 3.63) is 29.0 Å². The zero-order valence-corrected chi connectivity index (χ0v) is 10.7. The lowest BCUT2D eigenvalue weighted by Crippen LogP contribution is -2.44. The van der Waals surface area contributed by atoms with Gasteiger partial charge in [0.15, 0.2) is 0 Å². The molecule has 2 rings (SSSR count). The largest absolute Gasteiger partial charge is 0.393 e. The van der Waals surface area contributed by atoms with Crippen molar-refractivity contribution >= 4 is 17.5 Å². The third-order valence-electron chi connectivity index (χ3n) is 3.15. The summed E-state index contributed by atoms with van der Waals surface area (Å²) in [6, 6.07) is 2.81. The van der Waals surface area contributed by atoms with Crippen LogP contribution in [0, 0.1) is 5.92 Å². The van der Waals surface area contributed by atoms with Crippen molar-refractivity contribution < 1.29 is 18.0 Å². The maximum atomic E-state index is 12.7. The zero-order valence-electron chi connectivity index (χ0n) is 9.95. The zero-order chi connectivity index (χ0) is 14.0. The van der Waals surface area contributed by atoms with E-state index in [2.05, 4.69) is 4.98 Å². The molecule has 1 saturated heterocycles.